The van der Waals surface area contributed by atoms with Crippen molar-refractivity contribution in [2.75, 3.05) is 17.2 Å². The summed E-state index contributed by atoms with van der Waals surface area (Å²) in [6.45, 7) is 0. The highest BCUT2D eigenvalue weighted by atomic mass is 16.3. The number of aromatic nitrogens is 2. The van der Waals surface area contributed by atoms with Gasteiger partial charge in [0.1, 0.15) is 5.69 Å². The fraction of sp³-hybridized carbons (Fsp3) is 0. The highest BCUT2D eigenvalue weighted by Gasteiger charge is 2.06. The molecule has 0 bridgehead atoms. The molecule has 6 N–H and O–H groups in total. The van der Waals surface area contributed by atoms with Gasteiger partial charge in [0, 0.05) is 0 Å². The van der Waals surface area contributed by atoms with E-state index in [1.54, 1.807) is 0 Å². The van der Waals surface area contributed by atoms with Crippen molar-refractivity contribution in [3.63, 3.8) is 0 Å². The molecule has 1 heterocycles. The maximum atomic E-state index is 10.6. The van der Waals surface area contributed by atoms with Gasteiger partial charge in [-0.15, -0.1) is 0 Å². The first-order valence-electron chi connectivity index (χ1n) is 2.46. The zero-order chi connectivity index (χ0) is 7.72. The normalized spacial score (nSPS) is 9.60. The summed E-state index contributed by atoms with van der Waals surface area (Å²) in [4.78, 5) is 6.69. The number of nitrogens with zero attached hydrogens (tertiary/aromatic N) is 2. The van der Waals surface area contributed by atoms with E-state index < -0.39 is 5.88 Å². The van der Waals surface area contributed by atoms with Crippen molar-refractivity contribution in [3.05, 3.63) is 0 Å². The van der Waals surface area contributed by atoms with Crippen molar-refractivity contribution in [2.45, 2.75) is 0 Å². The van der Waals surface area contributed by atoms with Gasteiger partial charge in [-0.05, 0) is 0 Å². The van der Waals surface area contributed by atoms with Gasteiger partial charge in [-0.1, -0.05) is 0 Å². The van der Waals surface area contributed by atoms with Crippen molar-refractivity contribution in [2.24, 2.45) is 0 Å². The number of nitrogens with two attached hydrogens (primary N) is 3. The van der Waals surface area contributed by atoms with Crippen molar-refractivity contribution in [3.8, 4) is 5.88 Å². The summed E-state index contributed by atoms with van der Waals surface area (Å²) in [5, 5.41) is 10.6. The maximum absolute atomic E-state index is 10.6. The standard InChI is InChI=1S/C4H6N5O/c5-1-2(6)8-4(7)9-3(1)10/h5H2,(H4,6,7,8,9). The van der Waals surface area contributed by atoms with Gasteiger partial charge in [-0.3, -0.25) is 5.11 Å². The molecule has 0 unspecified atom stereocenters. The molecule has 0 saturated heterocycles. The highest BCUT2D eigenvalue weighted by Crippen LogP contribution is 2.22. The summed E-state index contributed by atoms with van der Waals surface area (Å²) in [5.41, 5.74) is 15.2. The molecule has 0 aliphatic carbocycles. The van der Waals surface area contributed by atoms with Crippen LogP contribution in [0.2, 0.25) is 0 Å². The van der Waals surface area contributed by atoms with Crippen molar-refractivity contribution < 1.29 is 5.11 Å². The van der Waals surface area contributed by atoms with Crippen LogP contribution in [-0.2, 0) is 5.11 Å². The third kappa shape index (κ3) is 0.859. The zero-order valence-corrected chi connectivity index (χ0v) is 5.03. The van der Waals surface area contributed by atoms with Gasteiger partial charge in [0.05, 0.1) is 0 Å². The minimum atomic E-state index is -0.634. The predicted octanol–water partition coefficient (Wildman–Crippen LogP) is -0.633. The topological polar surface area (TPSA) is 124 Å². The SMILES string of the molecule is Nc1nc(N)c(N)c([O])n1. The molecule has 6 nitrogen and oxygen atoms in total. The molecular weight excluding hydrogens is 134 g/mol. The average Bonchev–Trinajstić information content (AvgIpc) is 1.82. The number of rotatable bonds is 0. The summed E-state index contributed by atoms with van der Waals surface area (Å²) < 4.78 is 0. The Kier molecular flexibility index (Phi) is 1.22. The molecule has 10 heavy (non-hydrogen) atoms. The minimum absolute atomic E-state index is 0.0718. The van der Waals surface area contributed by atoms with Crippen molar-refractivity contribution in [1.29, 1.82) is 0 Å². The molecule has 1 rings (SSSR count). The molecule has 0 fully saturated rings. The predicted molar refractivity (Wildman–Crippen MR) is 35.4 cm³/mol. The lowest BCUT2D eigenvalue weighted by Gasteiger charge is -1.98. The first-order valence-corrected chi connectivity index (χ1v) is 2.46. The molecular formula is C4H6N5O. The molecule has 0 spiro atoms. The number of anilines is 3. The Morgan fingerprint density at radius 1 is 1.10 bits per heavy atom. The zero-order valence-electron chi connectivity index (χ0n) is 5.03. The molecule has 1 aromatic heterocycles. The molecule has 6 heteroatoms. The van der Waals surface area contributed by atoms with Crippen LogP contribution in [0.25, 0.3) is 0 Å². The minimum Gasteiger partial charge on any atom is -0.391 e. The molecule has 1 aromatic rings. The van der Waals surface area contributed by atoms with Crippen LogP contribution in [0.3, 0.4) is 0 Å². The van der Waals surface area contributed by atoms with E-state index in [-0.39, 0.29) is 17.5 Å². The van der Waals surface area contributed by atoms with Crippen LogP contribution in [0, 0.1) is 0 Å². The molecule has 0 aromatic carbocycles. The fourth-order valence-corrected chi connectivity index (χ4v) is 0.482. The number of hydrogen-bond donors (Lipinski definition) is 3. The second kappa shape index (κ2) is 1.90. The number of hydrogen-bond acceptors (Lipinski definition) is 5. The highest BCUT2D eigenvalue weighted by molar-refractivity contribution is 5.65. The van der Waals surface area contributed by atoms with Crippen LogP contribution < -0.4 is 17.2 Å². The van der Waals surface area contributed by atoms with Gasteiger partial charge in [0.25, 0.3) is 5.88 Å². The van der Waals surface area contributed by atoms with Crippen LogP contribution in [0.4, 0.5) is 17.5 Å². The smallest absolute Gasteiger partial charge is 0.299 e. The summed E-state index contributed by atoms with van der Waals surface area (Å²) in [6, 6.07) is 0. The van der Waals surface area contributed by atoms with E-state index in [0.29, 0.717) is 0 Å². The van der Waals surface area contributed by atoms with E-state index in [2.05, 4.69) is 9.97 Å². The summed E-state index contributed by atoms with van der Waals surface area (Å²) in [7, 11) is 0. The third-order valence-electron chi connectivity index (χ3n) is 0.957. The van der Waals surface area contributed by atoms with Crippen molar-refractivity contribution in [1.82, 2.24) is 9.97 Å². The van der Waals surface area contributed by atoms with E-state index in [9.17, 15) is 5.11 Å². The largest absolute Gasteiger partial charge is 0.391 e. The average molecular weight is 140 g/mol. The molecule has 0 atom stereocenters. The van der Waals surface area contributed by atoms with E-state index in [0.717, 1.165) is 0 Å². The Morgan fingerprint density at radius 3 is 2.20 bits per heavy atom. The van der Waals surface area contributed by atoms with Crippen LogP contribution in [-0.4, -0.2) is 9.97 Å². The first kappa shape index (κ1) is 6.40. The van der Waals surface area contributed by atoms with Crippen molar-refractivity contribution >= 4 is 17.5 Å². The Morgan fingerprint density at radius 2 is 1.70 bits per heavy atom. The quantitative estimate of drug-likeness (QED) is 0.442. The number of nitrogen functional groups attached to an aromatic ring is 3. The Hall–Kier alpha value is -1.72. The second-order valence-corrected chi connectivity index (χ2v) is 1.69. The Bertz CT molecular complexity index is 237. The van der Waals surface area contributed by atoms with Gasteiger partial charge in [-0.25, -0.2) is 0 Å². The van der Waals surface area contributed by atoms with Gasteiger partial charge in [0.15, 0.2) is 5.82 Å². The summed E-state index contributed by atoms with van der Waals surface area (Å²) >= 11 is 0. The summed E-state index contributed by atoms with van der Waals surface area (Å²) in [6.07, 6.45) is 0. The lowest BCUT2D eigenvalue weighted by atomic mass is 10.5. The van der Waals surface area contributed by atoms with Crippen LogP contribution in [0.1, 0.15) is 0 Å². The van der Waals surface area contributed by atoms with E-state index in [1.165, 1.54) is 0 Å². The van der Waals surface area contributed by atoms with Crippen LogP contribution in [0.5, 0.6) is 5.88 Å². The molecule has 53 valence electrons. The molecule has 0 amide bonds. The Balaban J connectivity index is 3.31. The van der Waals surface area contributed by atoms with E-state index in [4.69, 9.17) is 17.2 Å². The lowest BCUT2D eigenvalue weighted by molar-refractivity contribution is 0.340. The van der Waals surface area contributed by atoms with Crippen LogP contribution in [0.15, 0.2) is 0 Å². The summed E-state index contributed by atoms with van der Waals surface area (Å²) in [5.74, 6) is -0.862. The first-order chi connectivity index (χ1) is 4.61. The third-order valence-corrected chi connectivity index (χ3v) is 0.957. The maximum Gasteiger partial charge on any atom is 0.299 e. The fourth-order valence-electron chi connectivity index (χ4n) is 0.482. The molecule has 0 saturated carbocycles. The second-order valence-electron chi connectivity index (χ2n) is 1.69. The van der Waals surface area contributed by atoms with Gasteiger partial charge in [-0.2, -0.15) is 9.97 Å². The molecule has 1 radical (unpaired) electrons. The van der Waals surface area contributed by atoms with Gasteiger partial charge in [0.2, 0.25) is 5.95 Å². The van der Waals surface area contributed by atoms with Gasteiger partial charge < -0.3 is 17.2 Å². The molecule has 0 aliphatic heterocycles. The van der Waals surface area contributed by atoms with Crippen LogP contribution >= 0.6 is 0 Å². The van der Waals surface area contributed by atoms with E-state index >= 15 is 0 Å². The monoisotopic (exact) mass is 140 g/mol. The molecule has 0 aliphatic rings. The van der Waals surface area contributed by atoms with Gasteiger partial charge >= 0.3 is 0 Å². The Labute approximate surface area is 56.7 Å². The lowest BCUT2D eigenvalue weighted by Crippen LogP contribution is -2.03. The van der Waals surface area contributed by atoms with E-state index in [1.807, 2.05) is 0 Å².